The average molecular weight is 554 g/mol. The lowest BCUT2D eigenvalue weighted by Crippen LogP contribution is -2.51. The van der Waals surface area contributed by atoms with E-state index in [4.69, 9.17) is 29.2 Å². The predicted molar refractivity (Wildman–Crippen MR) is 154 cm³/mol. The molecule has 7 nitrogen and oxygen atoms in total. The van der Waals surface area contributed by atoms with Crippen LogP contribution in [-0.2, 0) is 14.3 Å². The number of carbonyl (C=O) groups excluding carboxylic acids is 3. The van der Waals surface area contributed by atoms with Crippen LogP contribution in [0.5, 0.6) is 0 Å². The van der Waals surface area contributed by atoms with Gasteiger partial charge in [0.2, 0.25) is 0 Å². The summed E-state index contributed by atoms with van der Waals surface area (Å²) in [5.41, 5.74) is 1.07. The van der Waals surface area contributed by atoms with Crippen molar-refractivity contribution in [3.63, 3.8) is 0 Å². The van der Waals surface area contributed by atoms with Gasteiger partial charge >= 0.3 is 6.09 Å². The fourth-order valence-electron chi connectivity index (χ4n) is 3.62. The molecule has 0 aliphatic heterocycles. The SMILES string of the molecule is C#Cc1ccccc1C(C(=O)Nc1c(C)cccc1Cl)N(C#C)C(=O)C(CCSC)NC(=O)OC(C)(C)C. The van der Waals surface area contributed by atoms with E-state index >= 15 is 0 Å². The van der Waals surface area contributed by atoms with E-state index in [9.17, 15) is 14.4 Å². The lowest BCUT2D eigenvalue weighted by atomic mass is 9.97. The number of alkyl carbamates (subject to hydrolysis) is 1. The minimum Gasteiger partial charge on any atom is -0.444 e. The van der Waals surface area contributed by atoms with Crippen LogP contribution in [0.4, 0.5) is 10.5 Å². The largest absolute Gasteiger partial charge is 0.444 e. The highest BCUT2D eigenvalue weighted by atomic mass is 35.5. The second kappa shape index (κ2) is 13.8. The number of ether oxygens (including phenoxy) is 1. The lowest BCUT2D eigenvalue weighted by Gasteiger charge is -2.31. The van der Waals surface area contributed by atoms with Crippen molar-refractivity contribution in [1.82, 2.24) is 10.2 Å². The quantitative estimate of drug-likeness (QED) is 0.322. The van der Waals surface area contributed by atoms with E-state index in [2.05, 4.69) is 22.6 Å². The van der Waals surface area contributed by atoms with Crippen LogP contribution in [0.3, 0.4) is 0 Å². The molecule has 200 valence electrons. The summed E-state index contributed by atoms with van der Waals surface area (Å²) in [5.74, 6) is 1.82. The van der Waals surface area contributed by atoms with Crippen molar-refractivity contribution in [3.05, 3.63) is 64.2 Å². The summed E-state index contributed by atoms with van der Waals surface area (Å²) >= 11 is 7.84. The molecule has 0 saturated heterocycles. The molecule has 2 N–H and O–H groups in total. The second-order valence-corrected chi connectivity index (χ2v) is 10.8. The summed E-state index contributed by atoms with van der Waals surface area (Å²) in [6.45, 7) is 6.94. The number of halogens is 1. The predicted octanol–water partition coefficient (Wildman–Crippen LogP) is 5.38. The molecule has 2 unspecified atom stereocenters. The van der Waals surface area contributed by atoms with Gasteiger partial charge in [-0.15, -0.1) is 6.42 Å². The Balaban J connectivity index is 2.55. The Morgan fingerprint density at radius 3 is 2.39 bits per heavy atom. The molecule has 0 spiro atoms. The maximum Gasteiger partial charge on any atom is 0.408 e. The van der Waals surface area contributed by atoms with Gasteiger partial charge in [0.25, 0.3) is 11.8 Å². The normalized spacial score (nSPS) is 12.3. The number of terminal acetylenes is 2. The molecule has 2 aromatic rings. The molecule has 3 amide bonds. The monoisotopic (exact) mass is 553 g/mol. The smallest absolute Gasteiger partial charge is 0.408 e. The molecule has 0 radical (unpaired) electrons. The van der Waals surface area contributed by atoms with Gasteiger partial charge < -0.3 is 15.4 Å². The van der Waals surface area contributed by atoms with E-state index in [-0.39, 0.29) is 6.42 Å². The Morgan fingerprint density at radius 2 is 1.82 bits per heavy atom. The maximum atomic E-state index is 13.8. The van der Waals surface area contributed by atoms with Crippen LogP contribution in [0.1, 0.15) is 49.9 Å². The van der Waals surface area contributed by atoms with Crippen LogP contribution in [0.15, 0.2) is 42.5 Å². The molecule has 9 heteroatoms. The van der Waals surface area contributed by atoms with Gasteiger partial charge in [0.15, 0.2) is 6.04 Å². The molecular formula is C29H32ClN3O4S. The Bertz CT molecular complexity index is 1240. The van der Waals surface area contributed by atoms with Crippen LogP contribution in [-0.4, -0.2) is 46.5 Å². The molecule has 0 saturated carbocycles. The average Bonchev–Trinajstić information content (AvgIpc) is 2.85. The number of thioether (sulfide) groups is 1. The van der Waals surface area contributed by atoms with Gasteiger partial charge in [0, 0.05) is 17.2 Å². The molecule has 0 bridgehead atoms. The van der Waals surface area contributed by atoms with Gasteiger partial charge in [-0.3, -0.25) is 14.5 Å². The third-order valence-corrected chi connectivity index (χ3v) is 6.32. The number of para-hydroxylation sites is 1. The van der Waals surface area contributed by atoms with Crippen molar-refractivity contribution in [3.8, 4) is 24.8 Å². The van der Waals surface area contributed by atoms with Gasteiger partial charge in [-0.1, -0.05) is 54.3 Å². The van der Waals surface area contributed by atoms with Crippen molar-refractivity contribution < 1.29 is 19.1 Å². The summed E-state index contributed by atoms with van der Waals surface area (Å²) in [6, 6.07) is 11.9. The third-order valence-electron chi connectivity index (χ3n) is 5.36. The molecule has 0 heterocycles. The van der Waals surface area contributed by atoms with Crippen LogP contribution in [0, 0.1) is 31.7 Å². The first-order valence-electron chi connectivity index (χ1n) is 11.8. The number of rotatable bonds is 9. The van der Waals surface area contributed by atoms with Crippen LogP contribution in [0.2, 0.25) is 5.02 Å². The number of aryl methyl sites for hydroxylation is 1. The molecule has 0 fully saturated rings. The highest BCUT2D eigenvalue weighted by Gasteiger charge is 2.37. The zero-order valence-electron chi connectivity index (χ0n) is 22.1. The van der Waals surface area contributed by atoms with Gasteiger partial charge in [-0.25, -0.2) is 4.79 Å². The van der Waals surface area contributed by atoms with Crippen LogP contribution < -0.4 is 10.6 Å². The van der Waals surface area contributed by atoms with Crippen LogP contribution in [0.25, 0.3) is 0 Å². The molecular weight excluding hydrogens is 522 g/mol. The fourth-order valence-corrected chi connectivity index (χ4v) is 4.36. The zero-order chi connectivity index (χ0) is 28.5. The van der Waals surface area contributed by atoms with Crippen molar-refractivity contribution in [1.29, 1.82) is 0 Å². The number of nitrogens with one attached hydrogen (secondary N) is 2. The number of amides is 3. The molecule has 0 aliphatic carbocycles. The first-order chi connectivity index (χ1) is 17.9. The Kier molecular flexibility index (Phi) is 11.1. The second-order valence-electron chi connectivity index (χ2n) is 9.37. The molecule has 2 atom stereocenters. The van der Waals surface area contributed by atoms with Gasteiger partial charge in [0.05, 0.1) is 10.7 Å². The fraction of sp³-hybridized carbons (Fsp3) is 0.345. The van der Waals surface area contributed by atoms with E-state index in [0.717, 1.165) is 10.5 Å². The third kappa shape index (κ3) is 8.21. The molecule has 0 aromatic heterocycles. The number of anilines is 1. The number of hydrogen-bond acceptors (Lipinski definition) is 5. The Morgan fingerprint density at radius 1 is 1.13 bits per heavy atom. The maximum absolute atomic E-state index is 13.8. The summed E-state index contributed by atoms with van der Waals surface area (Å²) in [5, 5.41) is 5.74. The Labute approximate surface area is 234 Å². The molecule has 2 rings (SSSR count). The molecule has 0 aliphatic rings. The highest BCUT2D eigenvalue weighted by molar-refractivity contribution is 7.98. The van der Waals surface area contributed by atoms with Gasteiger partial charge in [-0.05, 0) is 63.8 Å². The van der Waals surface area contributed by atoms with Gasteiger partial charge in [0.1, 0.15) is 11.6 Å². The topological polar surface area (TPSA) is 87.7 Å². The van der Waals surface area contributed by atoms with Crippen molar-refractivity contribution in [2.75, 3.05) is 17.3 Å². The Hall–Kier alpha value is -3.59. The highest BCUT2D eigenvalue weighted by Crippen LogP contribution is 2.30. The minimum atomic E-state index is -1.31. The van der Waals surface area contributed by atoms with E-state index in [0.29, 0.717) is 27.6 Å². The molecule has 2 aromatic carbocycles. The van der Waals surface area contributed by atoms with Gasteiger partial charge in [-0.2, -0.15) is 11.8 Å². The molecule has 38 heavy (non-hydrogen) atoms. The summed E-state index contributed by atoms with van der Waals surface area (Å²) in [4.78, 5) is 41.1. The number of benzene rings is 2. The first kappa shape index (κ1) is 30.6. The summed E-state index contributed by atoms with van der Waals surface area (Å²) in [7, 11) is 0. The van der Waals surface area contributed by atoms with Crippen molar-refractivity contribution in [2.24, 2.45) is 0 Å². The standard InChI is InChI=1S/C29H32ClN3O4S/c1-8-20-14-10-11-15-21(20)25(26(34)32-24-19(3)13-12-16-22(24)30)33(9-2)27(35)23(17-18-38-7)31-28(36)37-29(4,5)6/h1-2,10-16,23,25H,17-18H2,3-7H3,(H,31,36)(H,32,34). The minimum absolute atomic E-state index is 0.256. The lowest BCUT2D eigenvalue weighted by molar-refractivity contribution is -0.136. The summed E-state index contributed by atoms with van der Waals surface area (Å²) < 4.78 is 5.35. The van der Waals surface area contributed by atoms with E-state index < -0.39 is 35.6 Å². The van der Waals surface area contributed by atoms with Crippen LogP contribution >= 0.6 is 23.4 Å². The van der Waals surface area contributed by atoms with E-state index in [1.165, 1.54) is 11.8 Å². The van der Waals surface area contributed by atoms with Crippen molar-refractivity contribution in [2.45, 2.75) is 51.8 Å². The number of nitrogens with zero attached hydrogens (tertiary/aromatic N) is 1. The summed E-state index contributed by atoms with van der Waals surface area (Å²) in [6.07, 6.45) is 12.9. The van der Waals surface area contributed by atoms with E-state index in [1.54, 1.807) is 70.2 Å². The first-order valence-corrected chi connectivity index (χ1v) is 13.6. The van der Waals surface area contributed by atoms with E-state index in [1.807, 2.05) is 6.26 Å². The zero-order valence-corrected chi connectivity index (χ0v) is 23.7. The van der Waals surface area contributed by atoms with Crippen molar-refractivity contribution >= 4 is 47.0 Å². The number of carbonyl (C=O) groups is 3. The number of hydrogen-bond donors (Lipinski definition) is 2.